The fourth-order valence-corrected chi connectivity index (χ4v) is 2.60. The van der Waals surface area contributed by atoms with E-state index in [9.17, 15) is 13.6 Å². The van der Waals surface area contributed by atoms with Gasteiger partial charge in [0, 0.05) is 6.54 Å². The summed E-state index contributed by atoms with van der Waals surface area (Å²) in [6, 6.07) is 6.27. The molecule has 2 rings (SSSR count). The maximum atomic E-state index is 12.3. The number of carbonyl (C=O) groups excluding carboxylic acids is 1. The molecule has 1 fully saturated rings. The second-order valence-corrected chi connectivity index (χ2v) is 5.17. The molecule has 0 radical (unpaired) electrons. The lowest BCUT2D eigenvalue weighted by atomic mass is 9.93. The van der Waals surface area contributed by atoms with Crippen LogP contribution in [0.5, 0.6) is 5.75 Å². The standard InChI is InChI=1S/C15H20F2N2O2/c1-2-15(8-3-9-19-15)13(20)18-10-11-4-6-12(7-5-11)21-14(16)17/h4-7,14,19H,2-3,8-10H2,1H3,(H,18,20). The average Bonchev–Trinajstić information content (AvgIpc) is 2.96. The van der Waals surface area contributed by atoms with Gasteiger partial charge in [0.1, 0.15) is 5.75 Å². The molecule has 0 saturated carbocycles. The highest BCUT2D eigenvalue weighted by Gasteiger charge is 2.38. The summed E-state index contributed by atoms with van der Waals surface area (Å²) in [7, 11) is 0. The van der Waals surface area contributed by atoms with E-state index in [2.05, 4.69) is 15.4 Å². The molecule has 4 nitrogen and oxygen atoms in total. The summed E-state index contributed by atoms with van der Waals surface area (Å²) in [4.78, 5) is 12.3. The predicted octanol–water partition coefficient (Wildman–Crippen LogP) is 2.44. The number of amides is 1. The molecule has 1 saturated heterocycles. The Morgan fingerprint density at radius 2 is 2.14 bits per heavy atom. The smallest absolute Gasteiger partial charge is 0.387 e. The molecule has 1 aliphatic rings. The lowest BCUT2D eigenvalue weighted by Gasteiger charge is -2.26. The van der Waals surface area contributed by atoms with Gasteiger partial charge in [0.15, 0.2) is 0 Å². The fraction of sp³-hybridized carbons (Fsp3) is 0.533. The van der Waals surface area contributed by atoms with Crippen LogP contribution in [0.3, 0.4) is 0 Å². The summed E-state index contributed by atoms with van der Waals surface area (Å²) in [5.74, 6) is 0.109. The number of hydrogen-bond donors (Lipinski definition) is 2. The van der Waals surface area contributed by atoms with Gasteiger partial charge in [-0.2, -0.15) is 8.78 Å². The van der Waals surface area contributed by atoms with E-state index >= 15 is 0 Å². The largest absolute Gasteiger partial charge is 0.435 e. The van der Waals surface area contributed by atoms with Crippen LogP contribution in [-0.4, -0.2) is 24.6 Å². The molecule has 2 N–H and O–H groups in total. The molecule has 1 atom stereocenters. The van der Waals surface area contributed by atoms with Crippen LogP contribution in [0.25, 0.3) is 0 Å². The van der Waals surface area contributed by atoms with Gasteiger partial charge in [0.2, 0.25) is 5.91 Å². The van der Waals surface area contributed by atoms with Crippen LogP contribution >= 0.6 is 0 Å². The topological polar surface area (TPSA) is 50.4 Å². The summed E-state index contributed by atoms with van der Waals surface area (Å²) >= 11 is 0. The maximum absolute atomic E-state index is 12.3. The van der Waals surface area contributed by atoms with E-state index in [1.807, 2.05) is 6.92 Å². The summed E-state index contributed by atoms with van der Waals surface area (Å²) in [6.45, 7) is 0.403. The van der Waals surface area contributed by atoms with Gasteiger partial charge in [0.05, 0.1) is 5.54 Å². The first-order valence-electron chi connectivity index (χ1n) is 7.13. The van der Waals surface area contributed by atoms with Crippen molar-refractivity contribution in [3.05, 3.63) is 29.8 Å². The highest BCUT2D eigenvalue weighted by atomic mass is 19.3. The van der Waals surface area contributed by atoms with Gasteiger partial charge in [-0.15, -0.1) is 0 Å². The summed E-state index contributed by atoms with van der Waals surface area (Å²) in [5, 5.41) is 6.17. The van der Waals surface area contributed by atoms with Crippen LogP contribution in [0.1, 0.15) is 31.7 Å². The van der Waals surface area contributed by atoms with Crippen molar-refractivity contribution in [3.8, 4) is 5.75 Å². The fourth-order valence-electron chi connectivity index (χ4n) is 2.60. The van der Waals surface area contributed by atoms with Crippen LogP contribution in [0.15, 0.2) is 24.3 Å². The Labute approximate surface area is 122 Å². The minimum absolute atomic E-state index is 0.00425. The predicted molar refractivity (Wildman–Crippen MR) is 75.2 cm³/mol. The van der Waals surface area contributed by atoms with Gasteiger partial charge in [-0.1, -0.05) is 19.1 Å². The van der Waals surface area contributed by atoms with E-state index in [1.54, 1.807) is 12.1 Å². The van der Waals surface area contributed by atoms with Crippen molar-refractivity contribution in [3.63, 3.8) is 0 Å². The number of nitrogens with one attached hydrogen (secondary N) is 2. The maximum Gasteiger partial charge on any atom is 0.387 e. The summed E-state index contributed by atoms with van der Waals surface area (Å²) < 4.78 is 28.4. The molecule has 1 amide bonds. The SMILES string of the molecule is CCC1(C(=O)NCc2ccc(OC(F)F)cc2)CCCN1. The first-order valence-corrected chi connectivity index (χ1v) is 7.13. The van der Waals surface area contributed by atoms with E-state index in [-0.39, 0.29) is 11.7 Å². The molecule has 21 heavy (non-hydrogen) atoms. The second kappa shape index (κ2) is 6.85. The number of rotatable bonds is 6. The second-order valence-electron chi connectivity index (χ2n) is 5.17. The van der Waals surface area contributed by atoms with Gasteiger partial charge in [-0.05, 0) is 43.5 Å². The Morgan fingerprint density at radius 3 is 2.67 bits per heavy atom. The number of alkyl halides is 2. The number of ether oxygens (including phenoxy) is 1. The monoisotopic (exact) mass is 298 g/mol. The van der Waals surface area contributed by atoms with E-state index < -0.39 is 12.2 Å². The van der Waals surface area contributed by atoms with Crippen molar-refractivity contribution in [1.29, 1.82) is 0 Å². The van der Waals surface area contributed by atoms with Crippen LogP contribution in [-0.2, 0) is 11.3 Å². The quantitative estimate of drug-likeness (QED) is 0.848. The van der Waals surface area contributed by atoms with Crippen LogP contribution in [0, 0.1) is 0 Å². The molecule has 1 heterocycles. The van der Waals surface area contributed by atoms with Crippen molar-refractivity contribution >= 4 is 5.91 Å². The van der Waals surface area contributed by atoms with Gasteiger partial charge < -0.3 is 15.4 Å². The lowest BCUT2D eigenvalue weighted by molar-refractivity contribution is -0.127. The van der Waals surface area contributed by atoms with Crippen LogP contribution in [0.4, 0.5) is 8.78 Å². The highest BCUT2D eigenvalue weighted by molar-refractivity contribution is 5.86. The molecule has 116 valence electrons. The molecule has 1 aliphatic heterocycles. The zero-order valence-electron chi connectivity index (χ0n) is 12.0. The molecule has 1 unspecified atom stereocenters. The number of benzene rings is 1. The van der Waals surface area contributed by atoms with E-state index in [4.69, 9.17) is 0 Å². The number of carbonyl (C=O) groups is 1. The first-order chi connectivity index (χ1) is 10.1. The van der Waals surface area contributed by atoms with Crippen molar-refractivity contribution in [2.24, 2.45) is 0 Å². The van der Waals surface area contributed by atoms with E-state index in [1.165, 1.54) is 12.1 Å². The number of halogens is 2. The minimum Gasteiger partial charge on any atom is -0.435 e. The van der Waals surface area contributed by atoms with E-state index in [0.717, 1.165) is 31.4 Å². The molecule has 0 aromatic heterocycles. The molecule has 1 aromatic carbocycles. The molecule has 0 spiro atoms. The molecule has 1 aromatic rings. The summed E-state index contributed by atoms with van der Waals surface area (Å²) in [6.07, 6.45) is 2.59. The Balaban J connectivity index is 1.89. The molecule has 6 heteroatoms. The van der Waals surface area contributed by atoms with Crippen molar-refractivity contribution in [2.45, 2.75) is 44.9 Å². The third kappa shape index (κ3) is 3.91. The van der Waals surface area contributed by atoms with Gasteiger partial charge >= 0.3 is 6.61 Å². The molecular formula is C15H20F2N2O2. The Bertz CT molecular complexity index is 471. The Morgan fingerprint density at radius 1 is 1.43 bits per heavy atom. The highest BCUT2D eigenvalue weighted by Crippen LogP contribution is 2.23. The zero-order valence-corrected chi connectivity index (χ0v) is 12.0. The molecule has 0 aliphatic carbocycles. The molecular weight excluding hydrogens is 278 g/mol. The van der Waals surface area contributed by atoms with Gasteiger partial charge in [-0.3, -0.25) is 4.79 Å². The lowest BCUT2D eigenvalue weighted by Crippen LogP contribution is -2.52. The normalized spacial score (nSPS) is 21.5. The summed E-state index contributed by atoms with van der Waals surface area (Å²) in [5.41, 5.74) is 0.382. The van der Waals surface area contributed by atoms with E-state index in [0.29, 0.717) is 6.54 Å². The third-order valence-electron chi connectivity index (χ3n) is 3.88. The van der Waals surface area contributed by atoms with Crippen molar-refractivity contribution < 1.29 is 18.3 Å². The van der Waals surface area contributed by atoms with Crippen LogP contribution < -0.4 is 15.4 Å². The minimum atomic E-state index is -2.83. The van der Waals surface area contributed by atoms with Gasteiger partial charge in [0.25, 0.3) is 0 Å². The van der Waals surface area contributed by atoms with Crippen LogP contribution in [0.2, 0.25) is 0 Å². The molecule has 0 bridgehead atoms. The van der Waals surface area contributed by atoms with Gasteiger partial charge in [-0.25, -0.2) is 0 Å². The zero-order chi connectivity index (χ0) is 15.3. The Hall–Kier alpha value is -1.69. The third-order valence-corrected chi connectivity index (χ3v) is 3.88. The van der Waals surface area contributed by atoms with Crippen molar-refractivity contribution in [1.82, 2.24) is 10.6 Å². The Kier molecular flexibility index (Phi) is 5.12. The average molecular weight is 298 g/mol. The first kappa shape index (κ1) is 15.7. The number of hydrogen-bond acceptors (Lipinski definition) is 3. The van der Waals surface area contributed by atoms with Crippen molar-refractivity contribution in [2.75, 3.05) is 6.54 Å².